The highest BCUT2D eigenvalue weighted by atomic mass is 19.1. The number of likely N-dealkylation sites (N-methyl/N-ethyl adjacent to an activating group) is 1. The van der Waals surface area contributed by atoms with Crippen molar-refractivity contribution in [3.05, 3.63) is 24.0 Å². The average Bonchev–Trinajstić information content (AvgIpc) is 2.04. The summed E-state index contributed by atoms with van der Waals surface area (Å²) in [5, 5.41) is 3.15. The predicted octanol–water partition coefficient (Wildman–Crippen LogP) is 1.69. The Hall–Kier alpha value is -1.25. The molecule has 2 nitrogen and oxygen atoms in total. The van der Waals surface area contributed by atoms with Gasteiger partial charge in [-0.1, -0.05) is 6.07 Å². The van der Waals surface area contributed by atoms with E-state index in [9.17, 15) is 4.39 Å². The Morgan fingerprint density at radius 3 is 3.08 bits per heavy atom. The van der Waals surface area contributed by atoms with Crippen molar-refractivity contribution in [1.29, 1.82) is 0 Å². The van der Waals surface area contributed by atoms with Crippen molar-refractivity contribution in [1.82, 2.24) is 0 Å². The molecule has 0 atom stereocenters. The lowest BCUT2D eigenvalue weighted by Gasteiger charge is -2.28. The number of hydrogen-bond donors (Lipinski definition) is 1. The van der Waals surface area contributed by atoms with E-state index in [1.54, 1.807) is 6.07 Å². The van der Waals surface area contributed by atoms with E-state index in [1.807, 2.05) is 18.0 Å². The molecule has 0 unspecified atom stereocenters. The third-order valence-electron chi connectivity index (χ3n) is 2.13. The van der Waals surface area contributed by atoms with E-state index in [-0.39, 0.29) is 5.82 Å². The van der Waals surface area contributed by atoms with Gasteiger partial charge in [0, 0.05) is 20.1 Å². The molecule has 64 valence electrons. The molecule has 0 saturated heterocycles. The maximum absolute atomic E-state index is 13.2. The minimum atomic E-state index is -0.151. The van der Waals surface area contributed by atoms with E-state index >= 15 is 0 Å². The van der Waals surface area contributed by atoms with Crippen LogP contribution in [0.5, 0.6) is 0 Å². The summed E-state index contributed by atoms with van der Waals surface area (Å²) in [5.41, 5.74) is 1.58. The van der Waals surface area contributed by atoms with Gasteiger partial charge in [0.1, 0.15) is 5.82 Å². The number of anilines is 2. The molecule has 1 aliphatic heterocycles. The Kier molecular flexibility index (Phi) is 1.64. The summed E-state index contributed by atoms with van der Waals surface area (Å²) < 4.78 is 13.2. The molecule has 2 rings (SSSR count). The summed E-state index contributed by atoms with van der Waals surface area (Å²) in [6.45, 7) is 1.74. The summed E-state index contributed by atoms with van der Waals surface area (Å²) in [6.07, 6.45) is 0. The summed E-state index contributed by atoms with van der Waals surface area (Å²) in [5.74, 6) is -0.151. The van der Waals surface area contributed by atoms with Crippen LogP contribution in [0.15, 0.2) is 18.2 Å². The smallest absolute Gasteiger partial charge is 0.148 e. The number of fused-ring (bicyclic) bond motifs is 1. The van der Waals surface area contributed by atoms with Gasteiger partial charge in [0.15, 0.2) is 0 Å². The Morgan fingerprint density at radius 2 is 2.33 bits per heavy atom. The van der Waals surface area contributed by atoms with Crippen molar-refractivity contribution in [3.8, 4) is 0 Å². The lowest BCUT2D eigenvalue weighted by molar-refractivity contribution is 0.621. The molecule has 0 bridgehead atoms. The van der Waals surface area contributed by atoms with E-state index in [2.05, 4.69) is 5.32 Å². The zero-order valence-electron chi connectivity index (χ0n) is 6.97. The number of hydrogen-bond acceptors (Lipinski definition) is 2. The van der Waals surface area contributed by atoms with Crippen LogP contribution >= 0.6 is 0 Å². The van der Waals surface area contributed by atoms with Crippen molar-refractivity contribution < 1.29 is 4.39 Å². The van der Waals surface area contributed by atoms with E-state index in [0.29, 0.717) is 5.69 Å². The molecule has 0 saturated carbocycles. The number of nitrogens with zero attached hydrogens (tertiary/aromatic N) is 1. The van der Waals surface area contributed by atoms with Crippen molar-refractivity contribution in [2.24, 2.45) is 0 Å². The molecule has 1 aromatic rings. The molecule has 1 aromatic carbocycles. The minimum absolute atomic E-state index is 0.151. The lowest BCUT2D eigenvalue weighted by Crippen LogP contribution is -2.31. The fourth-order valence-corrected chi connectivity index (χ4v) is 1.52. The fraction of sp³-hybridized carbons (Fsp3) is 0.333. The Morgan fingerprint density at radius 1 is 1.50 bits per heavy atom. The predicted molar refractivity (Wildman–Crippen MR) is 48.2 cm³/mol. The van der Waals surface area contributed by atoms with Gasteiger partial charge in [-0.2, -0.15) is 0 Å². The summed E-state index contributed by atoms with van der Waals surface area (Å²) in [7, 11) is 1.91. The maximum Gasteiger partial charge on any atom is 0.148 e. The van der Waals surface area contributed by atoms with Gasteiger partial charge in [-0.15, -0.1) is 0 Å². The molecule has 1 heterocycles. The molecule has 0 aliphatic carbocycles. The molecule has 0 amide bonds. The zero-order chi connectivity index (χ0) is 8.55. The highest BCUT2D eigenvalue weighted by Crippen LogP contribution is 2.30. The van der Waals surface area contributed by atoms with Gasteiger partial charge in [-0.3, -0.25) is 0 Å². The van der Waals surface area contributed by atoms with Gasteiger partial charge in [0.25, 0.3) is 0 Å². The lowest BCUT2D eigenvalue weighted by atomic mass is 10.2. The van der Waals surface area contributed by atoms with Gasteiger partial charge in [-0.05, 0) is 12.1 Å². The Balaban J connectivity index is 2.53. The second kappa shape index (κ2) is 2.66. The number of rotatable bonds is 0. The van der Waals surface area contributed by atoms with Crippen LogP contribution in [0, 0.1) is 5.82 Å². The average molecular weight is 166 g/mol. The van der Waals surface area contributed by atoms with Gasteiger partial charge in [0.05, 0.1) is 11.4 Å². The Labute approximate surface area is 71.0 Å². The molecule has 0 fully saturated rings. The Bertz CT molecular complexity index is 299. The summed E-state index contributed by atoms with van der Waals surface area (Å²) in [6, 6.07) is 5.11. The quantitative estimate of drug-likeness (QED) is 0.631. The first-order chi connectivity index (χ1) is 5.79. The fourth-order valence-electron chi connectivity index (χ4n) is 1.52. The third kappa shape index (κ3) is 1.02. The van der Waals surface area contributed by atoms with Crippen molar-refractivity contribution >= 4 is 11.4 Å². The SMILES string of the molecule is CN1CCNc2cccc(F)c21. The van der Waals surface area contributed by atoms with E-state index in [1.165, 1.54) is 6.07 Å². The molecular formula is C9H11FN2. The van der Waals surface area contributed by atoms with Crippen LogP contribution in [-0.2, 0) is 0 Å². The first-order valence-corrected chi connectivity index (χ1v) is 4.02. The molecule has 0 aromatic heterocycles. The number of benzene rings is 1. The first-order valence-electron chi connectivity index (χ1n) is 4.02. The molecule has 0 radical (unpaired) electrons. The largest absolute Gasteiger partial charge is 0.382 e. The molecule has 12 heavy (non-hydrogen) atoms. The molecule has 1 N–H and O–H groups in total. The standard InChI is InChI=1S/C9H11FN2/c1-12-6-5-11-8-4-2-3-7(10)9(8)12/h2-4,11H,5-6H2,1H3. The highest BCUT2D eigenvalue weighted by Gasteiger charge is 2.16. The topological polar surface area (TPSA) is 15.3 Å². The number of halogens is 1. The molecule has 3 heteroatoms. The monoisotopic (exact) mass is 166 g/mol. The van der Waals surface area contributed by atoms with Gasteiger partial charge >= 0.3 is 0 Å². The summed E-state index contributed by atoms with van der Waals surface area (Å²) >= 11 is 0. The van der Waals surface area contributed by atoms with Gasteiger partial charge in [-0.25, -0.2) is 4.39 Å². The minimum Gasteiger partial charge on any atom is -0.382 e. The van der Waals surface area contributed by atoms with E-state index in [4.69, 9.17) is 0 Å². The molecule has 0 spiro atoms. The van der Waals surface area contributed by atoms with Crippen LogP contribution in [-0.4, -0.2) is 20.1 Å². The summed E-state index contributed by atoms with van der Waals surface area (Å²) in [4.78, 5) is 1.93. The van der Waals surface area contributed by atoms with E-state index < -0.39 is 0 Å². The van der Waals surface area contributed by atoms with Crippen LogP contribution in [0.1, 0.15) is 0 Å². The van der Waals surface area contributed by atoms with E-state index in [0.717, 1.165) is 18.8 Å². The normalized spacial score (nSPS) is 15.3. The third-order valence-corrected chi connectivity index (χ3v) is 2.13. The van der Waals surface area contributed by atoms with Crippen LogP contribution in [0.4, 0.5) is 15.8 Å². The van der Waals surface area contributed by atoms with Crippen molar-refractivity contribution in [3.63, 3.8) is 0 Å². The van der Waals surface area contributed by atoms with Crippen LogP contribution in [0.25, 0.3) is 0 Å². The van der Waals surface area contributed by atoms with Crippen molar-refractivity contribution in [2.45, 2.75) is 0 Å². The van der Waals surface area contributed by atoms with Crippen LogP contribution in [0.2, 0.25) is 0 Å². The van der Waals surface area contributed by atoms with Crippen LogP contribution < -0.4 is 10.2 Å². The maximum atomic E-state index is 13.2. The second-order valence-corrected chi connectivity index (χ2v) is 2.98. The number of nitrogens with one attached hydrogen (secondary N) is 1. The highest BCUT2D eigenvalue weighted by molar-refractivity contribution is 5.72. The van der Waals surface area contributed by atoms with Crippen LogP contribution in [0.3, 0.4) is 0 Å². The molecule has 1 aliphatic rings. The second-order valence-electron chi connectivity index (χ2n) is 2.98. The van der Waals surface area contributed by atoms with Gasteiger partial charge < -0.3 is 10.2 Å². The van der Waals surface area contributed by atoms with Gasteiger partial charge in [0.2, 0.25) is 0 Å². The van der Waals surface area contributed by atoms with Crippen molar-refractivity contribution in [2.75, 3.05) is 30.4 Å². The number of para-hydroxylation sites is 1. The molecular weight excluding hydrogens is 155 g/mol. The zero-order valence-corrected chi connectivity index (χ0v) is 6.97. The first kappa shape index (κ1) is 7.40.